The van der Waals surface area contributed by atoms with E-state index in [1.807, 2.05) is 0 Å². The Labute approximate surface area is 220 Å². The Morgan fingerprint density at radius 2 is 1.79 bits per heavy atom. The van der Waals surface area contributed by atoms with Gasteiger partial charge in [0.15, 0.2) is 11.4 Å². The van der Waals surface area contributed by atoms with Crippen molar-refractivity contribution < 1.29 is 37.7 Å². The molecule has 2 heterocycles. The van der Waals surface area contributed by atoms with Crippen LogP contribution in [0.15, 0.2) is 53.5 Å². The van der Waals surface area contributed by atoms with Crippen LogP contribution in [0.2, 0.25) is 0 Å². The molecule has 0 bridgehead atoms. The van der Waals surface area contributed by atoms with E-state index in [1.165, 1.54) is 31.3 Å². The maximum absolute atomic E-state index is 14.0. The van der Waals surface area contributed by atoms with Crippen molar-refractivity contribution in [3.8, 4) is 11.5 Å². The lowest BCUT2D eigenvalue weighted by Crippen LogP contribution is -2.57. The number of hydrogen-bond donors (Lipinski definition) is 2. The molecule has 39 heavy (non-hydrogen) atoms. The second kappa shape index (κ2) is 11.3. The Bertz CT molecular complexity index is 1490. The highest BCUT2D eigenvalue weighted by molar-refractivity contribution is 6.05. The minimum Gasteiger partial charge on any atom is -0.502 e. The smallest absolute Gasteiger partial charge is 0.278 e. The van der Waals surface area contributed by atoms with Gasteiger partial charge in [-0.2, -0.15) is 0 Å². The van der Waals surface area contributed by atoms with E-state index in [0.29, 0.717) is 11.8 Å². The summed E-state index contributed by atoms with van der Waals surface area (Å²) < 4.78 is 38.3. The first-order chi connectivity index (χ1) is 18.7. The predicted octanol–water partition coefficient (Wildman–Crippen LogP) is 1.61. The molecule has 0 spiro atoms. The van der Waals surface area contributed by atoms with E-state index in [9.17, 15) is 33.1 Å². The van der Waals surface area contributed by atoms with Gasteiger partial charge >= 0.3 is 0 Å². The number of halogens is 2. The number of aromatic nitrogens is 1. The number of hydrogen-bond acceptors (Lipinski definition) is 7. The Morgan fingerprint density at radius 3 is 2.44 bits per heavy atom. The van der Waals surface area contributed by atoms with Crippen molar-refractivity contribution in [3.63, 3.8) is 0 Å². The van der Waals surface area contributed by atoms with Gasteiger partial charge in [0.2, 0.25) is 5.43 Å². The van der Waals surface area contributed by atoms with E-state index in [0.717, 1.165) is 28.0 Å². The van der Waals surface area contributed by atoms with Crippen molar-refractivity contribution in [2.45, 2.75) is 6.54 Å². The highest BCUT2D eigenvalue weighted by atomic mass is 19.1. The largest absolute Gasteiger partial charge is 0.502 e. The van der Waals surface area contributed by atoms with Gasteiger partial charge in [-0.3, -0.25) is 19.2 Å². The quantitative estimate of drug-likeness (QED) is 0.442. The van der Waals surface area contributed by atoms with Gasteiger partial charge in [-0.25, -0.2) is 18.5 Å². The molecule has 0 saturated heterocycles. The molecule has 13 heteroatoms. The van der Waals surface area contributed by atoms with Crippen LogP contribution in [0.4, 0.5) is 8.78 Å². The molecular formula is C26H24F2N4O7. The van der Waals surface area contributed by atoms with Crippen molar-refractivity contribution in [2.24, 2.45) is 0 Å². The van der Waals surface area contributed by atoms with E-state index in [-0.39, 0.29) is 30.9 Å². The van der Waals surface area contributed by atoms with Crippen LogP contribution in [-0.4, -0.2) is 66.4 Å². The lowest BCUT2D eigenvalue weighted by atomic mass is 10.1. The summed E-state index contributed by atoms with van der Waals surface area (Å²) in [5, 5.41) is 14.1. The number of rotatable bonds is 8. The van der Waals surface area contributed by atoms with E-state index >= 15 is 0 Å². The number of nitrogens with zero attached hydrogens (tertiary/aromatic N) is 3. The van der Waals surface area contributed by atoms with Crippen molar-refractivity contribution in [1.29, 1.82) is 0 Å². The number of nitrogens with one attached hydrogen (secondary N) is 1. The fourth-order valence-corrected chi connectivity index (χ4v) is 3.94. The second-order valence-electron chi connectivity index (χ2n) is 8.47. The number of methoxy groups -OCH3 is 2. The fraction of sp³-hybridized carbons (Fsp3) is 0.231. The Kier molecular flexibility index (Phi) is 7.91. The molecule has 0 atom stereocenters. The van der Waals surface area contributed by atoms with Gasteiger partial charge in [-0.1, -0.05) is 6.07 Å². The third-order valence-electron chi connectivity index (χ3n) is 6.05. The second-order valence-corrected chi connectivity index (χ2v) is 8.47. The maximum Gasteiger partial charge on any atom is 0.278 e. The molecule has 4 rings (SSSR count). The molecule has 0 radical (unpaired) electrons. The van der Waals surface area contributed by atoms with Crippen molar-refractivity contribution in [3.05, 3.63) is 92.9 Å². The average Bonchev–Trinajstić information content (AvgIpc) is 2.93. The minimum atomic E-state index is -1.17. The topological polar surface area (TPSA) is 130 Å². The summed E-state index contributed by atoms with van der Waals surface area (Å²) in [6.45, 7) is -0.530. The molecule has 0 unspecified atom stereocenters. The fourth-order valence-electron chi connectivity index (χ4n) is 3.94. The van der Waals surface area contributed by atoms with Crippen molar-refractivity contribution >= 4 is 17.7 Å². The number of ether oxygens (including phenoxy) is 2. The van der Waals surface area contributed by atoms with Gasteiger partial charge in [-0.05, 0) is 30.3 Å². The number of carbonyl (C=O) groups is 3. The molecule has 1 aliphatic rings. The molecule has 204 valence electrons. The molecule has 3 amide bonds. The number of carbonyl (C=O) groups excluding carboxylic acids is 3. The molecule has 11 nitrogen and oxygen atoms in total. The number of pyridine rings is 1. The van der Waals surface area contributed by atoms with Gasteiger partial charge in [0, 0.05) is 43.6 Å². The summed E-state index contributed by atoms with van der Waals surface area (Å²) in [6.07, 6.45) is 0.959. The summed E-state index contributed by atoms with van der Waals surface area (Å²) in [6, 6.07) is 8.88. The molecule has 0 aliphatic carbocycles. The third kappa shape index (κ3) is 5.43. The average molecular weight is 542 g/mol. The minimum absolute atomic E-state index is 0.0425. The number of fused-ring (bicyclic) bond motifs is 1. The molecule has 3 aromatic rings. The summed E-state index contributed by atoms with van der Waals surface area (Å²) in [4.78, 5) is 53.7. The lowest BCUT2D eigenvalue weighted by molar-refractivity contribution is 0.0603. The van der Waals surface area contributed by atoms with Gasteiger partial charge in [-0.15, -0.1) is 0 Å². The number of amides is 3. The number of aromatic hydroxyl groups is 1. The van der Waals surface area contributed by atoms with Crippen LogP contribution < -0.4 is 20.5 Å². The summed E-state index contributed by atoms with van der Waals surface area (Å²) >= 11 is 0. The van der Waals surface area contributed by atoms with Crippen LogP contribution >= 0.6 is 0 Å². The van der Waals surface area contributed by atoms with E-state index in [4.69, 9.17) is 9.47 Å². The molecular weight excluding hydrogens is 518 g/mol. The van der Waals surface area contributed by atoms with Crippen LogP contribution in [0.5, 0.6) is 11.5 Å². The van der Waals surface area contributed by atoms with E-state index in [2.05, 4.69) is 5.32 Å². The molecule has 2 N–H and O–H groups in total. The molecule has 2 aromatic carbocycles. The monoisotopic (exact) mass is 542 g/mol. The first-order valence-corrected chi connectivity index (χ1v) is 11.6. The Morgan fingerprint density at radius 1 is 1.08 bits per heavy atom. The molecule has 1 aliphatic heterocycles. The third-order valence-corrected chi connectivity index (χ3v) is 6.05. The first kappa shape index (κ1) is 27.3. The number of benzene rings is 2. The Hall–Kier alpha value is -4.78. The van der Waals surface area contributed by atoms with Crippen LogP contribution in [0.25, 0.3) is 0 Å². The first-order valence-electron chi connectivity index (χ1n) is 11.6. The van der Waals surface area contributed by atoms with Crippen molar-refractivity contribution in [1.82, 2.24) is 14.9 Å². The summed E-state index contributed by atoms with van der Waals surface area (Å²) in [7, 11) is 2.89. The summed E-state index contributed by atoms with van der Waals surface area (Å²) in [5.41, 5.74) is -2.15. The van der Waals surface area contributed by atoms with Gasteiger partial charge in [0.25, 0.3) is 17.7 Å². The van der Waals surface area contributed by atoms with Gasteiger partial charge in [0.05, 0.1) is 13.7 Å². The standard InChI is InChI=1S/C26H24F2N4O7/c1-38-10-9-30-14-32(25(36)15-4-7-18(39-2)8-5-15)31-13-19(22(33)23(34)21(31)26(30)37)24(35)29-12-16-3-6-17(27)11-20(16)28/h3-8,11,13,34H,9-10,12,14H2,1-2H3,(H,29,35). The van der Waals surface area contributed by atoms with Crippen LogP contribution in [0, 0.1) is 11.6 Å². The molecule has 0 fully saturated rings. The van der Waals surface area contributed by atoms with E-state index < -0.39 is 58.3 Å². The SMILES string of the molecule is COCCN1CN(C(=O)c2ccc(OC)cc2)n2cc(C(=O)NCc3ccc(F)cc3F)c(=O)c(O)c2C1=O. The van der Waals surface area contributed by atoms with Crippen molar-refractivity contribution in [2.75, 3.05) is 39.0 Å². The van der Waals surface area contributed by atoms with Crippen LogP contribution in [0.3, 0.4) is 0 Å². The Balaban J connectivity index is 1.74. The van der Waals surface area contributed by atoms with Crippen LogP contribution in [0.1, 0.15) is 36.8 Å². The highest BCUT2D eigenvalue weighted by Crippen LogP contribution is 2.23. The highest BCUT2D eigenvalue weighted by Gasteiger charge is 2.37. The zero-order chi connectivity index (χ0) is 28.3. The lowest BCUT2D eigenvalue weighted by Gasteiger charge is -2.38. The summed E-state index contributed by atoms with van der Waals surface area (Å²) in [5.74, 6) is -4.64. The van der Waals surface area contributed by atoms with Gasteiger partial charge < -0.3 is 24.8 Å². The van der Waals surface area contributed by atoms with Crippen LogP contribution in [-0.2, 0) is 11.3 Å². The molecule has 1 aromatic heterocycles. The predicted molar refractivity (Wildman–Crippen MR) is 133 cm³/mol. The maximum atomic E-state index is 14.0. The zero-order valence-electron chi connectivity index (χ0n) is 20.9. The van der Waals surface area contributed by atoms with E-state index in [1.54, 1.807) is 12.1 Å². The molecule has 0 saturated carbocycles. The zero-order valence-corrected chi connectivity index (χ0v) is 20.9. The normalized spacial score (nSPS) is 12.8. The van der Waals surface area contributed by atoms with Gasteiger partial charge in [0.1, 0.15) is 29.6 Å².